The minimum absolute atomic E-state index is 0.0898. The zero-order valence-corrected chi connectivity index (χ0v) is 15.5. The van der Waals surface area contributed by atoms with Gasteiger partial charge in [0, 0.05) is 23.2 Å². The summed E-state index contributed by atoms with van der Waals surface area (Å²) in [5.41, 5.74) is 0.0781. The Balaban J connectivity index is 1.74. The number of anilines is 1. The van der Waals surface area contributed by atoms with Gasteiger partial charge in [-0.2, -0.15) is 0 Å². The van der Waals surface area contributed by atoms with Gasteiger partial charge in [0.2, 0.25) is 5.13 Å². The Labute approximate surface area is 158 Å². The molecule has 0 aliphatic rings. The van der Waals surface area contributed by atoms with Gasteiger partial charge in [0.15, 0.2) is 0 Å². The number of benzene rings is 1. The lowest BCUT2D eigenvalue weighted by Crippen LogP contribution is -2.24. The highest BCUT2D eigenvalue weighted by atomic mass is 35.5. The Morgan fingerprint density at radius 3 is 2.73 bits per heavy atom. The topological polar surface area (TPSA) is 101 Å². The second-order valence-corrected chi connectivity index (χ2v) is 7.04. The molecule has 3 rings (SSSR count). The molecule has 0 aliphatic carbocycles. The Morgan fingerprint density at radius 1 is 1.27 bits per heavy atom. The lowest BCUT2D eigenvalue weighted by atomic mass is 10.2. The van der Waals surface area contributed by atoms with Crippen LogP contribution >= 0.6 is 22.9 Å². The molecule has 0 fully saturated rings. The third-order valence-corrected chi connectivity index (χ3v) is 4.74. The maximum absolute atomic E-state index is 12.3. The van der Waals surface area contributed by atoms with Crippen LogP contribution in [0.5, 0.6) is 0 Å². The van der Waals surface area contributed by atoms with Crippen molar-refractivity contribution in [1.82, 2.24) is 20.2 Å². The van der Waals surface area contributed by atoms with Crippen molar-refractivity contribution in [2.75, 3.05) is 5.32 Å². The third kappa shape index (κ3) is 4.33. The maximum atomic E-state index is 12.3. The van der Waals surface area contributed by atoms with E-state index in [1.807, 2.05) is 0 Å². The first-order valence-corrected chi connectivity index (χ1v) is 9.25. The van der Waals surface area contributed by atoms with Gasteiger partial charge in [0.05, 0.1) is 0 Å². The van der Waals surface area contributed by atoms with E-state index in [-0.39, 0.29) is 5.56 Å². The van der Waals surface area contributed by atoms with Gasteiger partial charge in [0.25, 0.3) is 11.5 Å². The highest BCUT2D eigenvalue weighted by Gasteiger charge is 2.15. The molecule has 0 aliphatic heterocycles. The van der Waals surface area contributed by atoms with Crippen LogP contribution < -0.4 is 10.9 Å². The Bertz CT molecular complexity index is 968. The van der Waals surface area contributed by atoms with Crippen LogP contribution in [0.4, 0.5) is 5.13 Å². The van der Waals surface area contributed by atoms with Gasteiger partial charge in [-0.25, -0.2) is 4.98 Å². The number of halogens is 1. The summed E-state index contributed by atoms with van der Waals surface area (Å²) in [5.74, 6) is -0.208. The normalized spacial score (nSPS) is 10.7. The number of carbonyl (C=O) groups excluding carboxylic acids is 1. The monoisotopic (exact) mass is 389 g/mol. The van der Waals surface area contributed by atoms with E-state index in [0.29, 0.717) is 21.5 Å². The van der Waals surface area contributed by atoms with Crippen molar-refractivity contribution in [1.29, 1.82) is 0 Å². The minimum Gasteiger partial charge on any atom is -0.306 e. The molecule has 0 atom stereocenters. The fraction of sp³-hybridized carbons (Fsp3) is 0.235. The zero-order valence-electron chi connectivity index (χ0n) is 14.0. The molecule has 0 saturated heterocycles. The highest BCUT2D eigenvalue weighted by Crippen LogP contribution is 2.19. The number of hydrogen-bond acceptors (Lipinski definition) is 6. The molecular formula is C17H16ClN5O2S. The smallest absolute Gasteiger partial charge is 0.264 e. The van der Waals surface area contributed by atoms with Gasteiger partial charge in [-0.3, -0.25) is 14.9 Å². The quantitative estimate of drug-likeness (QED) is 0.671. The molecule has 9 heteroatoms. The summed E-state index contributed by atoms with van der Waals surface area (Å²) in [5, 5.41) is 12.3. The molecule has 2 aromatic heterocycles. The van der Waals surface area contributed by atoms with Crippen LogP contribution in [0.3, 0.4) is 0 Å². The maximum Gasteiger partial charge on any atom is 0.264 e. The van der Waals surface area contributed by atoms with E-state index in [0.717, 1.165) is 24.3 Å². The lowest BCUT2D eigenvalue weighted by Gasteiger charge is -2.03. The van der Waals surface area contributed by atoms with E-state index in [1.165, 1.54) is 17.5 Å². The first-order valence-electron chi connectivity index (χ1n) is 8.06. The Morgan fingerprint density at radius 2 is 2.04 bits per heavy atom. The highest BCUT2D eigenvalue weighted by molar-refractivity contribution is 7.15. The van der Waals surface area contributed by atoms with Crippen molar-refractivity contribution in [3.8, 4) is 11.4 Å². The molecule has 1 amide bonds. The van der Waals surface area contributed by atoms with E-state index in [2.05, 4.69) is 32.4 Å². The molecule has 3 aromatic rings. The fourth-order valence-corrected chi connectivity index (χ4v) is 3.11. The minimum atomic E-state index is -0.570. The standard InChI is InChI=1S/C17H16ClN5O2S/c1-2-3-4-13-22-23-17(26-13)21-16(25)12-9-19-14(20-15(12)24)10-5-7-11(18)8-6-10/h5-9H,2-4H2,1H3,(H,19,20,24)(H,21,23,25). The van der Waals surface area contributed by atoms with Gasteiger partial charge in [0.1, 0.15) is 16.4 Å². The average molecular weight is 390 g/mol. The molecular weight excluding hydrogens is 374 g/mol. The number of rotatable bonds is 6. The Hall–Kier alpha value is -2.58. The molecule has 0 saturated carbocycles. The van der Waals surface area contributed by atoms with Crippen molar-refractivity contribution in [3.63, 3.8) is 0 Å². The molecule has 7 nitrogen and oxygen atoms in total. The Kier molecular flexibility index (Phi) is 5.75. The zero-order chi connectivity index (χ0) is 18.5. The summed E-state index contributed by atoms with van der Waals surface area (Å²) >= 11 is 7.15. The van der Waals surface area contributed by atoms with Crippen LogP contribution in [-0.2, 0) is 6.42 Å². The van der Waals surface area contributed by atoms with E-state index < -0.39 is 11.5 Å². The summed E-state index contributed by atoms with van der Waals surface area (Å²) in [6, 6.07) is 6.87. The van der Waals surface area contributed by atoms with Gasteiger partial charge in [-0.15, -0.1) is 10.2 Å². The van der Waals surface area contributed by atoms with Crippen LogP contribution in [0.1, 0.15) is 35.1 Å². The summed E-state index contributed by atoms with van der Waals surface area (Å²) in [4.78, 5) is 31.3. The third-order valence-electron chi connectivity index (χ3n) is 3.59. The van der Waals surface area contributed by atoms with E-state index in [4.69, 9.17) is 11.6 Å². The number of H-pyrrole nitrogens is 1. The van der Waals surface area contributed by atoms with Gasteiger partial charge < -0.3 is 4.98 Å². The number of nitrogens with zero attached hydrogens (tertiary/aromatic N) is 3. The predicted molar refractivity (Wildman–Crippen MR) is 102 cm³/mol. The SMILES string of the molecule is CCCCc1nnc(NC(=O)c2cnc(-c3ccc(Cl)cc3)[nH]c2=O)s1. The van der Waals surface area contributed by atoms with Gasteiger partial charge in [-0.05, 0) is 30.7 Å². The molecule has 0 bridgehead atoms. The molecule has 2 N–H and O–H groups in total. The number of aromatic nitrogens is 4. The van der Waals surface area contributed by atoms with Crippen molar-refractivity contribution in [2.45, 2.75) is 26.2 Å². The van der Waals surface area contributed by atoms with E-state index in [1.54, 1.807) is 24.3 Å². The second-order valence-electron chi connectivity index (χ2n) is 5.54. The summed E-state index contributed by atoms with van der Waals surface area (Å²) in [6.07, 6.45) is 4.14. The average Bonchev–Trinajstić information content (AvgIpc) is 3.07. The number of carbonyl (C=O) groups is 1. The second kappa shape index (κ2) is 8.20. The summed E-state index contributed by atoms with van der Waals surface area (Å²) < 4.78 is 0. The van der Waals surface area contributed by atoms with E-state index >= 15 is 0 Å². The summed E-state index contributed by atoms with van der Waals surface area (Å²) in [7, 11) is 0. The molecule has 134 valence electrons. The molecule has 2 heterocycles. The van der Waals surface area contributed by atoms with Crippen LogP contribution in [0.2, 0.25) is 5.02 Å². The summed E-state index contributed by atoms with van der Waals surface area (Å²) in [6.45, 7) is 2.09. The number of aromatic amines is 1. The molecule has 26 heavy (non-hydrogen) atoms. The fourth-order valence-electron chi connectivity index (χ4n) is 2.21. The molecule has 1 aromatic carbocycles. The number of unbranched alkanes of at least 4 members (excludes halogenated alkanes) is 1. The van der Waals surface area contributed by atoms with Crippen LogP contribution in [-0.4, -0.2) is 26.1 Å². The first-order chi connectivity index (χ1) is 12.6. The number of hydrogen-bond donors (Lipinski definition) is 2. The van der Waals surface area contributed by atoms with Crippen LogP contribution in [0.15, 0.2) is 35.3 Å². The van der Waals surface area contributed by atoms with Crippen molar-refractivity contribution in [3.05, 3.63) is 56.4 Å². The predicted octanol–water partition coefficient (Wildman–Crippen LogP) is 3.54. The molecule has 0 radical (unpaired) electrons. The lowest BCUT2D eigenvalue weighted by molar-refractivity contribution is 0.102. The van der Waals surface area contributed by atoms with Crippen LogP contribution in [0.25, 0.3) is 11.4 Å². The molecule has 0 spiro atoms. The van der Waals surface area contributed by atoms with Gasteiger partial charge in [-0.1, -0.05) is 36.3 Å². The number of nitrogens with one attached hydrogen (secondary N) is 2. The number of aryl methyl sites for hydroxylation is 1. The number of amides is 1. The van der Waals surface area contributed by atoms with Crippen molar-refractivity contribution < 1.29 is 4.79 Å². The largest absolute Gasteiger partial charge is 0.306 e. The van der Waals surface area contributed by atoms with Crippen molar-refractivity contribution >= 4 is 34.0 Å². The first kappa shape index (κ1) is 18.2. The van der Waals surface area contributed by atoms with Crippen LogP contribution in [0, 0.1) is 0 Å². The molecule has 0 unspecified atom stereocenters. The van der Waals surface area contributed by atoms with E-state index in [9.17, 15) is 9.59 Å². The van der Waals surface area contributed by atoms with Crippen molar-refractivity contribution in [2.24, 2.45) is 0 Å². The van der Waals surface area contributed by atoms with Gasteiger partial charge >= 0.3 is 0 Å².